The molecule has 2 fully saturated rings. The van der Waals surface area contributed by atoms with Crippen molar-refractivity contribution in [1.82, 2.24) is 4.90 Å². The molecule has 2 atom stereocenters. The van der Waals surface area contributed by atoms with Crippen LogP contribution in [0.1, 0.15) is 33.1 Å². The van der Waals surface area contributed by atoms with E-state index in [9.17, 15) is 13.2 Å². The molecule has 1 aromatic carbocycles. The number of hydrogen-bond donors (Lipinski definition) is 1. The summed E-state index contributed by atoms with van der Waals surface area (Å²) in [5.41, 5.74) is 0.559. The first-order chi connectivity index (χ1) is 12.9. The third kappa shape index (κ3) is 4.87. The molecule has 0 spiro atoms. The Kier molecular flexibility index (Phi) is 6.16. The number of carbonyl (C=O) groups is 1. The van der Waals surface area contributed by atoms with Gasteiger partial charge in [-0.2, -0.15) is 8.42 Å². The largest absolute Gasteiger partial charge is 0.378 e. The fourth-order valence-electron chi connectivity index (χ4n) is 3.77. The van der Waals surface area contributed by atoms with Crippen molar-refractivity contribution in [2.75, 3.05) is 31.6 Å². The Bertz CT molecular complexity index is 799. The minimum Gasteiger partial charge on any atom is -0.378 e. The lowest BCUT2D eigenvalue weighted by Crippen LogP contribution is -2.44. The van der Waals surface area contributed by atoms with Gasteiger partial charge >= 0.3 is 0 Å². The summed E-state index contributed by atoms with van der Waals surface area (Å²) in [5.74, 6) is 1.06. The van der Waals surface area contributed by atoms with Gasteiger partial charge in [-0.1, -0.05) is 13.3 Å². The Hall–Kier alpha value is -1.93. The topological polar surface area (TPSA) is 88.1 Å². The molecular weight excluding hydrogens is 366 g/mol. The van der Waals surface area contributed by atoms with Crippen LogP contribution in [0.15, 0.2) is 33.6 Å². The van der Waals surface area contributed by atoms with Crippen molar-refractivity contribution in [3.63, 3.8) is 0 Å². The number of sulfonamides is 1. The molecule has 1 heterocycles. The van der Waals surface area contributed by atoms with Crippen LogP contribution >= 0.6 is 0 Å². The number of nitrogens with one attached hydrogen (secondary N) is 1. The SMILES string of the molecule is CC(=O)Nc1ccc(S(=O)(=O)/N=C(/C2CCCC2C)N2CCOCC2)cc1. The molecule has 8 heteroatoms. The highest BCUT2D eigenvalue weighted by Gasteiger charge is 2.33. The molecule has 1 saturated heterocycles. The maximum Gasteiger partial charge on any atom is 0.283 e. The van der Waals surface area contributed by atoms with E-state index in [-0.39, 0.29) is 16.7 Å². The standard InChI is InChI=1S/C19H27N3O4S/c1-14-4-3-5-18(14)19(22-10-12-26-13-11-22)21-27(24,25)17-8-6-16(7-9-17)20-15(2)23/h6-9,14,18H,3-5,10-13H2,1-2H3,(H,20,23)/b21-19-. The third-order valence-electron chi connectivity index (χ3n) is 5.21. The Balaban J connectivity index is 1.90. The van der Waals surface area contributed by atoms with Crippen LogP contribution in [0.25, 0.3) is 0 Å². The average molecular weight is 394 g/mol. The van der Waals surface area contributed by atoms with E-state index in [0.717, 1.165) is 19.3 Å². The first-order valence-corrected chi connectivity index (χ1v) is 10.9. The fourth-order valence-corrected chi connectivity index (χ4v) is 4.85. The monoisotopic (exact) mass is 393 g/mol. The van der Waals surface area contributed by atoms with E-state index >= 15 is 0 Å². The number of benzene rings is 1. The first-order valence-electron chi connectivity index (χ1n) is 9.42. The summed E-state index contributed by atoms with van der Waals surface area (Å²) < 4.78 is 35.6. The maximum absolute atomic E-state index is 12.9. The highest BCUT2D eigenvalue weighted by Crippen LogP contribution is 2.34. The molecule has 2 aliphatic rings. The molecule has 1 aliphatic carbocycles. The number of nitrogens with zero attached hydrogens (tertiary/aromatic N) is 2. The second-order valence-corrected chi connectivity index (χ2v) is 8.85. The summed E-state index contributed by atoms with van der Waals surface area (Å²) in [6, 6.07) is 6.13. The van der Waals surface area contributed by atoms with Crippen molar-refractivity contribution >= 4 is 27.5 Å². The minimum atomic E-state index is -3.82. The molecule has 7 nitrogen and oxygen atoms in total. The van der Waals surface area contributed by atoms with Crippen molar-refractivity contribution < 1.29 is 17.9 Å². The lowest BCUT2D eigenvalue weighted by molar-refractivity contribution is -0.114. The highest BCUT2D eigenvalue weighted by atomic mass is 32.2. The molecular formula is C19H27N3O4S. The third-order valence-corrected chi connectivity index (χ3v) is 6.51. The van der Waals surface area contributed by atoms with E-state index in [4.69, 9.17) is 4.74 Å². The van der Waals surface area contributed by atoms with E-state index in [2.05, 4.69) is 21.5 Å². The Labute approximate surface area is 160 Å². The molecule has 1 aromatic rings. The number of amidine groups is 1. The first kappa shape index (κ1) is 19.8. The van der Waals surface area contributed by atoms with Crippen LogP contribution in [0.5, 0.6) is 0 Å². The van der Waals surface area contributed by atoms with Crippen LogP contribution in [0.3, 0.4) is 0 Å². The second-order valence-electron chi connectivity index (χ2n) is 7.24. The zero-order chi connectivity index (χ0) is 19.4. The summed E-state index contributed by atoms with van der Waals surface area (Å²) in [4.78, 5) is 13.3. The van der Waals surface area contributed by atoms with Gasteiger partial charge in [0.2, 0.25) is 5.91 Å². The van der Waals surface area contributed by atoms with E-state index in [0.29, 0.717) is 43.7 Å². The van der Waals surface area contributed by atoms with Gasteiger partial charge in [-0.3, -0.25) is 4.79 Å². The second kappa shape index (κ2) is 8.39. The molecule has 0 radical (unpaired) electrons. The molecule has 27 heavy (non-hydrogen) atoms. The van der Waals surface area contributed by atoms with Crippen LogP contribution in [-0.2, 0) is 19.6 Å². The molecule has 0 bridgehead atoms. The van der Waals surface area contributed by atoms with Gasteiger partial charge in [0.05, 0.1) is 18.1 Å². The number of hydrogen-bond acceptors (Lipinski definition) is 4. The van der Waals surface area contributed by atoms with Gasteiger partial charge < -0.3 is 15.0 Å². The predicted molar refractivity (Wildman–Crippen MR) is 104 cm³/mol. The van der Waals surface area contributed by atoms with Crippen molar-refractivity contribution in [3.05, 3.63) is 24.3 Å². The average Bonchev–Trinajstić information content (AvgIpc) is 3.06. The van der Waals surface area contributed by atoms with Gasteiger partial charge in [-0.25, -0.2) is 0 Å². The molecule has 1 saturated carbocycles. The molecule has 3 rings (SSSR count). The molecule has 2 unspecified atom stereocenters. The summed E-state index contributed by atoms with van der Waals surface area (Å²) >= 11 is 0. The number of anilines is 1. The van der Waals surface area contributed by atoms with Gasteiger partial charge in [0.1, 0.15) is 5.84 Å². The lowest BCUT2D eigenvalue weighted by Gasteiger charge is -2.33. The van der Waals surface area contributed by atoms with Gasteiger partial charge in [0, 0.05) is 31.6 Å². The Morgan fingerprint density at radius 1 is 1.19 bits per heavy atom. The quantitative estimate of drug-likeness (QED) is 0.627. The van der Waals surface area contributed by atoms with Crippen LogP contribution < -0.4 is 5.32 Å². The van der Waals surface area contributed by atoms with E-state index in [1.165, 1.54) is 19.1 Å². The normalized spacial score (nSPS) is 24.1. The van der Waals surface area contributed by atoms with Gasteiger partial charge in [-0.05, 0) is 43.0 Å². The summed E-state index contributed by atoms with van der Waals surface area (Å²) in [6.07, 6.45) is 3.16. The highest BCUT2D eigenvalue weighted by molar-refractivity contribution is 7.90. The Morgan fingerprint density at radius 2 is 1.85 bits per heavy atom. The number of ether oxygens (including phenoxy) is 1. The van der Waals surface area contributed by atoms with Crippen molar-refractivity contribution in [1.29, 1.82) is 0 Å². The predicted octanol–water partition coefficient (Wildman–Crippen LogP) is 2.50. The number of morpholine rings is 1. The smallest absolute Gasteiger partial charge is 0.283 e. The Morgan fingerprint density at radius 3 is 2.41 bits per heavy atom. The van der Waals surface area contributed by atoms with Crippen LogP contribution in [-0.4, -0.2) is 51.4 Å². The minimum absolute atomic E-state index is 0.132. The summed E-state index contributed by atoms with van der Waals surface area (Å²) in [7, 11) is -3.82. The van der Waals surface area contributed by atoms with Gasteiger partial charge in [0.25, 0.3) is 10.0 Å². The van der Waals surface area contributed by atoms with Crippen molar-refractivity contribution in [2.24, 2.45) is 16.2 Å². The molecule has 1 N–H and O–H groups in total. The van der Waals surface area contributed by atoms with E-state index in [1.807, 2.05) is 0 Å². The molecule has 1 amide bonds. The number of carbonyl (C=O) groups excluding carboxylic acids is 1. The van der Waals surface area contributed by atoms with Gasteiger partial charge in [-0.15, -0.1) is 4.40 Å². The maximum atomic E-state index is 12.9. The molecule has 0 aromatic heterocycles. The molecule has 148 valence electrons. The summed E-state index contributed by atoms with van der Waals surface area (Å²) in [6.45, 7) is 6.09. The van der Waals surface area contributed by atoms with Crippen molar-refractivity contribution in [2.45, 2.75) is 38.0 Å². The van der Waals surface area contributed by atoms with Crippen LogP contribution in [0.2, 0.25) is 0 Å². The van der Waals surface area contributed by atoms with E-state index < -0.39 is 10.0 Å². The van der Waals surface area contributed by atoms with Gasteiger partial charge in [0.15, 0.2) is 0 Å². The van der Waals surface area contributed by atoms with Crippen LogP contribution in [0, 0.1) is 11.8 Å². The zero-order valence-electron chi connectivity index (χ0n) is 15.8. The number of rotatable bonds is 4. The molecule has 1 aliphatic heterocycles. The lowest BCUT2D eigenvalue weighted by atomic mass is 9.96. The fraction of sp³-hybridized carbons (Fsp3) is 0.579. The van der Waals surface area contributed by atoms with Crippen molar-refractivity contribution in [3.8, 4) is 0 Å². The summed E-state index contributed by atoms with van der Waals surface area (Å²) in [5, 5.41) is 2.63. The van der Waals surface area contributed by atoms with E-state index in [1.54, 1.807) is 12.1 Å². The number of amides is 1. The zero-order valence-corrected chi connectivity index (χ0v) is 16.7. The van der Waals surface area contributed by atoms with Crippen LogP contribution in [0.4, 0.5) is 5.69 Å².